The SMILES string of the molecule is O=C(CC1CCCCC1)NCC(c1ccco1)n1cccn1. The van der Waals surface area contributed by atoms with Crippen LogP contribution in [0, 0.1) is 5.92 Å². The van der Waals surface area contributed by atoms with E-state index < -0.39 is 0 Å². The van der Waals surface area contributed by atoms with Crippen LogP contribution in [-0.2, 0) is 4.79 Å². The number of carbonyl (C=O) groups is 1. The minimum absolute atomic E-state index is 0.0969. The van der Waals surface area contributed by atoms with Crippen LogP contribution in [0.5, 0.6) is 0 Å². The van der Waals surface area contributed by atoms with E-state index in [1.807, 2.05) is 29.1 Å². The van der Waals surface area contributed by atoms with Crippen LogP contribution in [0.2, 0.25) is 0 Å². The Hall–Kier alpha value is -2.04. The Morgan fingerprint density at radius 2 is 2.23 bits per heavy atom. The minimum atomic E-state index is -0.0969. The number of nitrogens with one attached hydrogen (secondary N) is 1. The molecule has 1 saturated carbocycles. The zero-order valence-corrected chi connectivity index (χ0v) is 12.8. The number of hydrogen-bond acceptors (Lipinski definition) is 3. The zero-order chi connectivity index (χ0) is 15.2. The van der Waals surface area contributed by atoms with Gasteiger partial charge >= 0.3 is 0 Å². The van der Waals surface area contributed by atoms with Crippen molar-refractivity contribution in [2.45, 2.75) is 44.6 Å². The number of hydrogen-bond donors (Lipinski definition) is 1. The quantitative estimate of drug-likeness (QED) is 0.891. The van der Waals surface area contributed by atoms with Crippen molar-refractivity contribution in [2.24, 2.45) is 5.92 Å². The van der Waals surface area contributed by atoms with Crippen LogP contribution in [0.1, 0.15) is 50.3 Å². The van der Waals surface area contributed by atoms with E-state index in [4.69, 9.17) is 4.42 Å². The first-order valence-electron chi connectivity index (χ1n) is 8.12. The van der Waals surface area contributed by atoms with Gasteiger partial charge < -0.3 is 9.73 Å². The fraction of sp³-hybridized carbons (Fsp3) is 0.529. The van der Waals surface area contributed by atoms with Gasteiger partial charge in [0.15, 0.2) is 0 Å². The summed E-state index contributed by atoms with van der Waals surface area (Å²) in [6.07, 6.45) is 12.1. The van der Waals surface area contributed by atoms with Crippen molar-refractivity contribution in [3.63, 3.8) is 0 Å². The molecule has 0 aliphatic heterocycles. The van der Waals surface area contributed by atoms with Gasteiger partial charge in [-0.2, -0.15) is 5.10 Å². The van der Waals surface area contributed by atoms with E-state index in [2.05, 4.69) is 10.4 Å². The second kappa shape index (κ2) is 7.29. The molecule has 118 valence electrons. The summed E-state index contributed by atoms with van der Waals surface area (Å²) in [6, 6.07) is 5.55. The Kier molecular flexibility index (Phi) is 4.93. The summed E-state index contributed by atoms with van der Waals surface area (Å²) >= 11 is 0. The van der Waals surface area contributed by atoms with Gasteiger partial charge in [-0.05, 0) is 37.0 Å². The van der Waals surface area contributed by atoms with Crippen LogP contribution in [-0.4, -0.2) is 22.2 Å². The van der Waals surface area contributed by atoms with Gasteiger partial charge in [0.2, 0.25) is 5.91 Å². The van der Waals surface area contributed by atoms with Gasteiger partial charge in [-0.3, -0.25) is 9.48 Å². The van der Waals surface area contributed by atoms with Crippen molar-refractivity contribution in [3.8, 4) is 0 Å². The third kappa shape index (κ3) is 3.78. The Balaban J connectivity index is 1.56. The zero-order valence-electron chi connectivity index (χ0n) is 12.8. The van der Waals surface area contributed by atoms with Gasteiger partial charge in [0.05, 0.1) is 6.26 Å². The number of carbonyl (C=O) groups excluding carboxylic acids is 1. The molecule has 1 amide bonds. The Labute approximate surface area is 130 Å². The summed E-state index contributed by atoms with van der Waals surface area (Å²) < 4.78 is 7.31. The third-order valence-corrected chi connectivity index (χ3v) is 4.41. The van der Waals surface area contributed by atoms with Crippen molar-refractivity contribution in [3.05, 3.63) is 42.6 Å². The van der Waals surface area contributed by atoms with E-state index >= 15 is 0 Å². The number of aromatic nitrogens is 2. The molecule has 2 heterocycles. The highest BCUT2D eigenvalue weighted by Crippen LogP contribution is 2.26. The predicted molar refractivity (Wildman–Crippen MR) is 83.3 cm³/mol. The van der Waals surface area contributed by atoms with Crippen LogP contribution in [0.3, 0.4) is 0 Å². The molecule has 0 aromatic carbocycles. The second-order valence-corrected chi connectivity index (χ2v) is 6.03. The Morgan fingerprint density at radius 3 is 2.91 bits per heavy atom. The highest BCUT2D eigenvalue weighted by atomic mass is 16.3. The monoisotopic (exact) mass is 301 g/mol. The number of amides is 1. The second-order valence-electron chi connectivity index (χ2n) is 6.03. The highest BCUT2D eigenvalue weighted by molar-refractivity contribution is 5.76. The molecule has 3 rings (SSSR count). The van der Waals surface area contributed by atoms with Gasteiger partial charge in [0.1, 0.15) is 11.8 Å². The lowest BCUT2D eigenvalue weighted by molar-refractivity contribution is -0.122. The largest absolute Gasteiger partial charge is 0.467 e. The van der Waals surface area contributed by atoms with Crippen LogP contribution < -0.4 is 5.32 Å². The van der Waals surface area contributed by atoms with Crippen LogP contribution in [0.15, 0.2) is 41.3 Å². The molecule has 22 heavy (non-hydrogen) atoms. The fourth-order valence-corrected chi connectivity index (χ4v) is 3.21. The molecule has 2 aromatic rings. The summed E-state index contributed by atoms with van der Waals surface area (Å²) in [4.78, 5) is 12.2. The van der Waals surface area contributed by atoms with E-state index in [9.17, 15) is 4.79 Å². The average molecular weight is 301 g/mol. The first-order chi connectivity index (χ1) is 10.8. The van der Waals surface area contributed by atoms with Gasteiger partial charge in [-0.25, -0.2) is 0 Å². The topological polar surface area (TPSA) is 60.1 Å². The molecule has 0 bridgehead atoms. The molecule has 1 atom stereocenters. The summed E-state index contributed by atoms with van der Waals surface area (Å²) in [5, 5.41) is 7.32. The first-order valence-corrected chi connectivity index (χ1v) is 8.12. The summed E-state index contributed by atoms with van der Waals surface area (Å²) in [7, 11) is 0. The Morgan fingerprint density at radius 1 is 1.36 bits per heavy atom. The summed E-state index contributed by atoms with van der Waals surface area (Å²) in [6.45, 7) is 0.501. The maximum absolute atomic E-state index is 12.2. The molecular weight excluding hydrogens is 278 g/mol. The van der Waals surface area contributed by atoms with Gasteiger partial charge in [-0.15, -0.1) is 0 Å². The average Bonchev–Trinajstić information content (AvgIpc) is 3.22. The lowest BCUT2D eigenvalue weighted by Gasteiger charge is -2.22. The lowest BCUT2D eigenvalue weighted by atomic mass is 9.87. The summed E-state index contributed by atoms with van der Waals surface area (Å²) in [5.41, 5.74) is 0. The van der Waals surface area contributed by atoms with Gasteiger partial charge in [0, 0.05) is 25.4 Å². The molecule has 1 aliphatic rings. The molecular formula is C17H23N3O2. The highest BCUT2D eigenvalue weighted by Gasteiger charge is 2.20. The fourth-order valence-electron chi connectivity index (χ4n) is 3.21. The van der Waals surface area contributed by atoms with E-state index in [-0.39, 0.29) is 11.9 Å². The Bertz CT molecular complexity index is 523. The van der Waals surface area contributed by atoms with Crippen molar-refractivity contribution >= 4 is 5.91 Å². The van der Waals surface area contributed by atoms with Crippen LogP contribution in [0.4, 0.5) is 0 Å². The lowest BCUT2D eigenvalue weighted by Crippen LogP contribution is -2.32. The molecule has 5 heteroatoms. The predicted octanol–water partition coefficient (Wildman–Crippen LogP) is 3.15. The van der Waals surface area contributed by atoms with Crippen LogP contribution >= 0.6 is 0 Å². The first kappa shape index (κ1) is 14.9. The van der Waals surface area contributed by atoms with E-state index in [0.717, 1.165) is 5.76 Å². The van der Waals surface area contributed by atoms with E-state index in [1.165, 1.54) is 32.1 Å². The molecule has 1 aliphatic carbocycles. The number of nitrogens with zero attached hydrogens (tertiary/aromatic N) is 2. The van der Waals surface area contributed by atoms with E-state index in [1.54, 1.807) is 12.5 Å². The normalized spacial score (nSPS) is 17.3. The van der Waals surface area contributed by atoms with Crippen molar-refractivity contribution in [2.75, 3.05) is 6.54 Å². The van der Waals surface area contributed by atoms with Crippen molar-refractivity contribution < 1.29 is 9.21 Å². The minimum Gasteiger partial charge on any atom is -0.467 e. The molecule has 2 aromatic heterocycles. The molecule has 1 N–H and O–H groups in total. The molecule has 0 saturated heterocycles. The van der Waals surface area contributed by atoms with E-state index in [0.29, 0.717) is 18.9 Å². The maximum Gasteiger partial charge on any atom is 0.220 e. The molecule has 5 nitrogen and oxygen atoms in total. The molecule has 0 radical (unpaired) electrons. The van der Waals surface area contributed by atoms with Gasteiger partial charge in [0.25, 0.3) is 0 Å². The molecule has 1 unspecified atom stereocenters. The smallest absolute Gasteiger partial charge is 0.220 e. The van der Waals surface area contributed by atoms with Crippen LogP contribution in [0.25, 0.3) is 0 Å². The molecule has 0 spiro atoms. The molecule has 1 fully saturated rings. The maximum atomic E-state index is 12.2. The van der Waals surface area contributed by atoms with Gasteiger partial charge in [-0.1, -0.05) is 19.3 Å². The summed E-state index contributed by atoms with van der Waals surface area (Å²) in [5.74, 6) is 1.50. The standard InChI is InChI=1S/C17H23N3O2/c21-17(12-14-6-2-1-3-7-14)18-13-15(16-8-4-11-22-16)20-10-5-9-19-20/h4-5,8-11,14-15H,1-3,6-7,12-13H2,(H,18,21). The number of rotatable bonds is 6. The number of furan rings is 1. The van der Waals surface area contributed by atoms with Crippen molar-refractivity contribution in [1.29, 1.82) is 0 Å². The van der Waals surface area contributed by atoms with Crippen molar-refractivity contribution in [1.82, 2.24) is 15.1 Å². The third-order valence-electron chi connectivity index (χ3n) is 4.41.